The van der Waals surface area contributed by atoms with Crippen LogP contribution in [0.3, 0.4) is 0 Å². The highest BCUT2D eigenvalue weighted by molar-refractivity contribution is 5.57. The van der Waals surface area contributed by atoms with Gasteiger partial charge in [0.15, 0.2) is 0 Å². The van der Waals surface area contributed by atoms with Crippen molar-refractivity contribution in [3.8, 4) is 11.4 Å². The molecule has 2 rings (SSSR count). The third-order valence-corrected chi connectivity index (χ3v) is 2.30. The predicted molar refractivity (Wildman–Crippen MR) is 57.7 cm³/mol. The van der Waals surface area contributed by atoms with Crippen LogP contribution in [0.1, 0.15) is 17.9 Å². The molecule has 2 aromatic rings. The minimum absolute atomic E-state index is 0.129. The Balaban J connectivity index is 2.22. The molecule has 0 aromatic carbocycles. The Labute approximate surface area is 93.1 Å². The smallest absolute Gasteiger partial charge is 0.227 e. The summed E-state index contributed by atoms with van der Waals surface area (Å²) in [7, 11) is 0. The van der Waals surface area contributed by atoms with E-state index in [-0.39, 0.29) is 6.61 Å². The molecule has 0 saturated carbocycles. The molecule has 0 aliphatic rings. The summed E-state index contributed by atoms with van der Waals surface area (Å²) >= 11 is 0. The van der Waals surface area contributed by atoms with Crippen molar-refractivity contribution < 1.29 is 9.63 Å². The third-order valence-electron chi connectivity index (χ3n) is 2.30. The maximum Gasteiger partial charge on any atom is 0.227 e. The second-order valence-electron chi connectivity index (χ2n) is 3.53. The Morgan fingerprint density at radius 1 is 1.44 bits per heavy atom. The number of hydrogen-bond acceptors (Lipinski definition) is 5. The number of aliphatic hydroxyl groups excluding tert-OH is 1. The first-order valence-electron chi connectivity index (χ1n) is 5.15. The summed E-state index contributed by atoms with van der Waals surface area (Å²) in [6.07, 6.45) is 4.68. The molecule has 16 heavy (non-hydrogen) atoms. The number of rotatable bonds is 4. The van der Waals surface area contributed by atoms with Crippen LogP contribution >= 0.6 is 0 Å². The fraction of sp³-hybridized carbons (Fsp3) is 0.364. The van der Waals surface area contributed by atoms with E-state index in [4.69, 9.17) is 9.63 Å². The van der Waals surface area contributed by atoms with Gasteiger partial charge >= 0.3 is 0 Å². The van der Waals surface area contributed by atoms with E-state index in [2.05, 4.69) is 15.1 Å². The summed E-state index contributed by atoms with van der Waals surface area (Å²) in [4.78, 5) is 8.28. The van der Waals surface area contributed by atoms with Gasteiger partial charge in [0.25, 0.3) is 0 Å². The zero-order valence-electron chi connectivity index (χ0n) is 9.05. The molecule has 0 aliphatic heterocycles. The van der Waals surface area contributed by atoms with Gasteiger partial charge in [-0.15, -0.1) is 0 Å². The van der Waals surface area contributed by atoms with Gasteiger partial charge in [-0.2, -0.15) is 4.98 Å². The van der Waals surface area contributed by atoms with Gasteiger partial charge in [0.05, 0.1) is 0 Å². The average Bonchev–Trinajstić information content (AvgIpc) is 2.75. The lowest BCUT2D eigenvalue weighted by atomic mass is 10.1. The maximum absolute atomic E-state index is 8.70. The molecule has 0 amide bonds. The molecule has 84 valence electrons. The fourth-order valence-corrected chi connectivity index (χ4v) is 1.39. The Hall–Kier alpha value is -1.75. The van der Waals surface area contributed by atoms with E-state index in [0.29, 0.717) is 24.6 Å². The first-order valence-corrected chi connectivity index (χ1v) is 5.15. The molecule has 2 heterocycles. The Bertz CT molecular complexity index is 468. The highest BCUT2D eigenvalue weighted by Gasteiger charge is 2.10. The highest BCUT2D eigenvalue weighted by atomic mass is 16.5. The molecular weight excluding hydrogens is 206 g/mol. The van der Waals surface area contributed by atoms with Crippen molar-refractivity contribution in [1.82, 2.24) is 15.1 Å². The number of pyridine rings is 1. The summed E-state index contributed by atoms with van der Waals surface area (Å²) in [6.45, 7) is 2.10. The van der Waals surface area contributed by atoms with Crippen molar-refractivity contribution >= 4 is 0 Å². The molecule has 1 N–H and O–H groups in total. The predicted octanol–water partition coefficient (Wildman–Crippen LogP) is 1.36. The highest BCUT2D eigenvalue weighted by Crippen LogP contribution is 2.18. The van der Waals surface area contributed by atoms with Gasteiger partial charge in [-0.1, -0.05) is 5.16 Å². The van der Waals surface area contributed by atoms with Crippen molar-refractivity contribution in [3.63, 3.8) is 0 Å². The second kappa shape index (κ2) is 4.85. The van der Waals surface area contributed by atoms with Crippen LogP contribution in [-0.2, 0) is 6.42 Å². The van der Waals surface area contributed by atoms with Gasteiger partial charge in [0.1, 0.15) is 0 Å². The normalized spacial score (nSPS) is 10.6. The lowest BCUT2D eigenvalue weighted by molar-refractivity contribution is 0.278. The first kappa shape index (κ1) is 10.8. The summed E-state index contributed by atoms with van der Waals surface area (Å²) < 4.78 is 5.08. The van der Waals surface area contributed by atoms with Gasteiger partial charge in [0.2, 0.25) is 11.7 Å². The van der Waals surface area contributed by atoms with E-state index in [1.165, 1.54) is 0 Å². The zero-order chi connectivity index (χ0) is 11.4. The van der Waals surface area contributed by atoms with Crippen LogP contribution in [0.25, 0.3) is 11.4 Å². The molecular formula is C11H13N3O2. The standard InChI is InChI=1S/C11H13N3O2/c1-8-4-5-12-7-9(8)11-13-10(16-14-11)3-2-6-15/h4-5,7,15H,2-3,6H2,1H3. The largest absolute Gasteiger partial charge is 0.396 e. The number of aromatic nitrogens is 3. The van der Waals surface area contributed by atoms with Crippen molar-refractivity contribution in [3.05, 3.63) is 29.9 Å². The molecule has 0 radical (unpaired) electrons. The zero-order valence-corrected chi connectivity index (χ0v) is 9.05. The van der Waals surface area contributed by atoms with E-state index >= 15 is 0 Å². The molecule has 0 bridgehead atoms. The monoisotopic (exact) mass is 219 g/mol. The van der Waals surface area contributed by atoms with Crippen LogP contribution in [0, 0.1) is 6.92 Å². The van der Waals surface area contributed by atoms with Crippen molar-refractivity contribution in [2.24, 2.45) is 0 Å². The van der Waals surface area contributed by atoms with Crippen LogP contribution in [-0.4, -0.2) is 26.8 Å². The molecule has 2 aromatic heterocycles. The summed E-state index contributed by atoms with van der Waals surface area (Å²) in [5.41, 5.74) is 1.94. The lowest BCUT2D eigenvalue weighted by Crippen LogP contribution is -1.90. The van der Waals surface area contributed by atoms with Crippen LogP contribution in [0.5, 0.6) is 0 Å². The van der Waals surface area contributed by atoms with E-state index in [0.717, 1.165) is 11.1 Å². The Kier molecular flexibility index (Phi) is 3.26. The summed E-state index contributed by atoms with van der Waals surface area (Å²) in [5.74, 6) is 1.10. The van der Waals surface area contributed by atoms with Crippen molar-refractivity contribution in [2.45, 2.75) is 19.8 Å². The number of aryl methyl sites for hydroxylation is 2. The SMILES string of the molecule is Cc1ccncc1-c1noc(CCCO)n1. The van der Waals surface area contributed by atoms with Crippen molar-refractivity contribution in [1.29, 1.82) is 0 Å². The molecule has 5 nitrogen and oxygen atoms in total. The number of hydrogen-bond donors (Lipinski definition) is 1. The van der Waals surface area contributed by atoms with E-state index < -0.39 is 0 Å². The summed E-state index contributed by atoms with van der Waals surface area (Å²) in [6, 6.07) is 1.90. The van der Waals surface area contributed by atoms with Crippen LogP contribution in [0.15, 0.2) is 23.0 Å². The first-order chi connectivity index (χ1) is 7.81. The molecule has 0 saturated heterocycles. The average molecular weight is 219 g/mol. The van der Waals surface area contributed by atoms with Gasteiger partial charge in [-0.25, -0.2) is 0 Å². The second-order valence-corrected chi connectivity index (χ2v) is 3.53. The molecule has 5 heteroatoms. The quantitative estimate of drug-likeness (QED) is 0.840. The number of nitrogens with zero attached hydrogens (tertiary/aromatic N) is 3. The molecule has 0 aliphatic carbocycles. The van der Waals surface area contributed by atoms with Gasteiger partial charge in [-0.05, 0) is 25.0 Å². The van der Waals surface area contributed by atoms with Crippen LogP contribution in [0.4, 0.5) is 0 Å². The topological polar surface area (TPSA) is 72.0 Å². The maximum atomic E-state index is 8.70. The van der Waals surface area contributed by atoms with Gasteiger partial charge in [0, 0.05) is 31.0 Å². The lowest BCUT2D eigenvalue weighted by Gasteiger charge is -1.97. The minimum Gasteiger partial charge on any atom is -0.396 e. The minimum atomic E-state index is 0.129. The molecule has 0 atom stereocenters. The van der Waals surface area contributed by atoms with Crippen LogP contribution < -0.4 is 0 Å². The van der Waals surface area contributed by atoms with Gasteiger partial charge in [-0.3, -0.25) is 4.98 Å². The van der Waals surface area contributed by atoms with E-state index in [9.17, 15) is 0 Å². The van der Waals surface area contributed by atoms with E-state index in [1.54, 1.807) is 12.4 Å². The van der Waals surface area contributed by atoms with Crippen molar-refractivity contribution in [2.75, 3.05) is 6.61 Å². The third kappa shape index (κ3) is 2.25. The van der Waals surface area contributed by atoms with E-state index in [1.807, 2.05) is 13.0 Å². The number of aliphatic hydroxyl groups is 1. The van der Waals surface area contributed by atoms with Gasteiger partial charge < -0.3 is 9.63 Å². The molecule has 0 unspecified atom stereocenters. The van der Waals surface area contributed by atoms with Crippen LogP contribution in [0.2, 0.25) is 0 Å². The Morgan fingerprint density at radius 3 is 3.06 bits per heavy atom. The summed E-state index contributed by atoms with van der Waals surface area (Å²) in [5, 5.41) is 12.6. The fourth-order valence-electron chi connectivity index (χ4n) is 1.39. The molecule has 0 spiro atoms. The Morgan fingerprint density at radius 2 is 2.31 bits per heavy atom. The molecule has 0 fully saturated rings.